The number of alkyl halides is 3. The van der Waals surface area contributed by atoms with Crippen molar-refractivity contribution in [2.45, 2.75) is 6.30 Å². The Labute approximate surface area is 36.5 Å². The van der Waals surface area contributed by atoms with E-state index in [-0.39, 0.29) is 0 Å². The summed E-state index contributed by atoms with van der Waals surface area (Å²) in [6.07, 6.45) is -5.06. The Morgan fingerprint density at radius 1 is 1.14 bits per heavy atom. The van der Waals surface area contributed by atoms with Crippen LogP contribution < -0.4 is 0 Å². The quantitative estimate of drug-likeness (QED) is 0.360. The largest absolute Gasteiger partial charge is 0.506 e. The van der Waals surface area contributed by atoms with Crippen LogP contribution in [0.15, 0.2) is 0 Å². The van der Waals surface area contributed by atoms with Gasteiger partial charge in [-0.3, -0.25) is 10.4 Å². The third-order valence-corrected chi connectivity index (χ3v) is 0.227. The van der Waals surface area contributed by atoms with Gasteiger partial charge in [0.2, 0.25) is 0 Å². The average Bonchev–Trinajstić information content (AvgIpc) is 1.31. The Hall–Kier alpha value is -0.330. The molecule has 0 amide bonds. The molecule has 0 aromatic rings. The molecule has 0 rings (SSSR count). The zero-order valence-electron chi connectivity index (χ0n) is 2.98. The molecule has 0 spiro atoms. The number of rotatable bonds is 0. The van der Waals surface area contributed by atoms with Crippen molar-refractivity contribution in [3.8, 4) is 0 Å². The minimum atomic E-state index is -5.06. The molecule has 0 aromatic carbocycles. The second kappa shape index (κ2) is 1.65. The maximum Gasteiger partial charge on any atom is 0.506 e. The molecule has 0 fully saturated rings. The Morgan fingerprint density at radius 3 is 1.29 bits per heavy atom. The van der Waals surface area contributed by atoms with Crippen molar-refractivity contribution in [3.05, 3.63) is 0 Å². The molecule has 0 unspecified atom stereocenters. The van der Waals surface area contributed by atoms with E-state index in [9.17, 15) is 13.2 Å². The molecule has 2 N–H and O–H groups in total. The van der Waals surface area contributed by atoms with Gasteiger partial charge in [0, 0.05) is 5.23 Å². The van der Waals surface area contributed by atoms with Crippen LogP contribution in [0.2, 0.25) is 0 Å². The fourth-order valence-electron chi connectivity index (χ4n) is 0. The molecule has 0 heterocycles. The van der Waals surface area contributed by atoms with Crippen molar-refractivity contribution in [3.63, 3.8) is 0 Å². The van der Waals surface area contributed by atoms with Gasteiger partial charge >= 0.3 is 6.30 Å². The Morgan fingerprint density at radius 2 is 1.29 bits per heavy atom. The number of hydrogen-bond acceptors (Lipinski definition) is 3. The van der Waals surface area contributed by atoms with Gasteiger partial charge in [-0.15, -0.1) is 0 Å². The lowest BCUT2D eigenvalue weighted by Crippen LogP contribution is -2.31. The number of halogens is 3. The van der Waals surface area contributed by atoms with Crippen molar-refractivity contribution in [2.75, 3.05) is 0 Å². The Balaban J connectivity index is 3.54. The van der Waals surface area contributed by atoms with Crippen molar-refractivity contribution in [1.82, 2.24) is 5.23 Å². The maximum atomic E-state index is 10.6. The fourth-order valence-corrected chi connectivity index (χ4v) is 0. The summed E-state index contributed by atoms with van der Waals surface area (Å²) in [6.45, 7) is 0. The highest BCUT2D eigenvalue weighted by Crippen LogP contribution is 2.15. The molecular formula is CH2F3NO2. The number of nitrogens with zero attached hydrogens (tertiary/aromatic N) is 1. The molecule has 0 atom stereocenters. The first-order valence-electron chi connectivity index (χ1n) is 1.19. The van der Waals surface area contributed by atoms with Gasteiger partial charge in [0.05, 0.1) is 0 Å². The predicted octanol–water partition coefficient (Wildman–Crippen LogP) is 0.587. The molecule has 0 radical (unpaired) electrons. The lowest BCUT2D eigenvalue weighted by Gasteiger charge is -2.07. The van der Waals surface area contributed by atoms with Crippen LogP contribution in [0.25, 0.3) is 0 Å². The van der Waals surface area contributed by atoms with Gasteiger partial charge < -0.3 is 0 Å². The van der Waals surface area contributed by atoms with E-state index in [0.29, 0.717) is 0 Å². The fraction of sp³-hybridized carbons (Fsp3) is 1.00. The SMILES string of the molecule is ON(O)C(F)(F)F. The van der Waals surface area contributed by atoms with E-state index in [1.807, 2.05) is 0 Å². The normalized spacial score (nSPS) is 12.9. The van der Waals surface area contributed by atoms with Crippen LogP contribution in [0.3, 0.4) is 0 Å². The molecular weight excluding hydrogens is 115 g/mol. The summed E-state index contributed by atoms with van der Waals surface area (Å²) in [6, 6.07) is 0. The highest BCUT2D eigenvalue weighted by Gasteiger charge is 2.35. The van der Waals surface area contributed by atoms with Crippen LogP contribution in [0.1, 0.15) is 0 Å². The highest BCUT2D eigenvalue weighted by molar-refractivity contribution is 4.24. The molecule has 0 bridgehead atoms. The Bertz CT molecular complexity index is 58.4. The van der Waals surface area contributed by atoms with E-state index < -0.39 is 11.5 Å². The summed E-state index contributed by atoms with van der Waals surface area (Å²) < 4.78 is 31.8. The molecule has 0 aliphatic rings. The number of hydroxylamine groups is 2. The standard InChI is InChI=1S/CH2F3NO2/c2-1(3,4)5(6)7/h6-7H. The Kier molecular flexibility index (Phi) is 1.57. The van der Waals surface area contributed by atoms with Crippen LogP contribution in [-0.2, 0) is 0 Å². The van der Waals surface area contributed by atoms with Crippen LogP contribution >= 0.6 is 0 Å². The van der Waals surface area contributed by atoms with Crippen molar-refractivity contribution >= 4 is 0 Å². The first-order valence-corrected chi connectivity index (χ1v) is 1.19. The minimum Gasteiger partial charge on any atom is -0.282 e. The zero-order chi connectivity index (χ0) is 6.08. The van der Waals surface area contributed by atoms with Crippen molar-refractivity contribution in [1.29, 1.82) is 0 Å². The smallest absolute Gasteiger partial charge is 0.282 e. The third-order valence-electron chi connectivity index (χ3n) is 0.227. The summed E-state index contributed by atoms with van der Waals surface area (Å²) in [5.74, 6) is 0. The summed E-state index contributed by atoms with van der Waals surface area (Å²) in [5.41, 5.74) is 0. The van der Waals surface area contributed by atoms with E-state index in [0.717, 1.165) is 0 Å². The highest BCUT2D eigenvalue weighted by atomic mass is 19.4. The molecule has 0 aromatic heterocycles. The summed E-state index contributed by atoms with van der Waals surface area (Å²) in [7, 11) is 0. The molecule has 44 valence electrons. The molecule has 7 heavy (non-hydrogen) atoms. The van der Waals surface area contributed by atoms with Gasteiger partial charge in [-0.1, -0.05) is 0 Å². The molecule has 0 aliphatic carbocycles. The second-order valence-corrected chi connectivity index (χ2v) is 0.757. The van der Waals surface area contributed by atoms with Crippen LogP contribution in [-0.4, -0.2) is 21.9 Å². The van der Waals surface area contributed by atoms with E-state index >= 15 is 0 Å². The van der Waals surface area contributed by atoms with E-state index in [1.165, 1.54) is 0 Å². The number of hydrogen-bond donors (Lipinski definition) is 2. The third kappa shape index (κ3) is 2.38. The minimum absolute atomic E-state index is 1.81. The van der Waals surface area contributed by atoms with E-state index in [2.05, 4.69) is 0 Å². The van der Waals surface area contributed by atoms with Crippen LogP contribution in [0.4, 0.5) is 13.2 Å². The van der Waals surface area contributed by atoms with Gasteiger partial charge in [0.15, 0.2) is 0 Å². The van der Waals surface area contributed by atoms with Crippen LogP contribution in [0.5, 0.6) is 0 Å². The molecule has 6 heteroatoms. The predicted molar refractivity (Wildman–Crippen MR) is 11.5 cm³/mol. The summed E-state index contributed by atoms with van der Waals surface area (Å²) >= 11 is 0. The van der Waals surface area contributed by atoms with Gasteiger partial charge in [-0.2, -0.15) is 13.2 Å². The van der Waals surface area contributed by atoms with Gasteiger partial charge in [-0.25, -0.2) is 0 Å². The average molecular weight is 117 g/mol. The van der Waals surface area contributed by atoms with Gasteiger partial charge in [0.1, 0.15) is 0 Å². The van der Waals surface area contributed by atoms with Crippen molar-refractivity contribution in [2.24, 2.45) is 0 Å². The van der Waals surface area contributed by atoms with Crippen molar-refractivity contribution < 1.29 is 23.6 Å². The molecule has 0 saturated carbocycles. The van der Waals surface area contributed by atoms with Crippen LogP contribution in [0, 0.1) is 0 Å². The first kappa shape index (κ1) is 6.67. The molecule has 3 nitrogen and oxygen atoms in total. The summed E-state index contributed by atoms with van der Waals surface area (Å²) in [5, 5.41) is 12.5. The zero-order valence-corrected chi connectivity index (χ0v) is 2.98. The monoisotopic (exact) mass is 117 g/mol. The van der Waals surface area contributed by atoms with E-state index in [1.54, 1.807) is 0 Å². The molecule has 0 aliphatic heterocycles. The summed E-state index contributed by atoms with van der Waals surface area (Å²) in [4.78, 5) is 0. The lowest BCUT2D eigenvalue weighted by atomic mass is 11.2. The van der Waals surface area contributed by atoms with E-state index in [4.69, 9.17) is 10.4 Å². The maximum absolute atomic E-state index is 10.6. The van der Waals surface area contributed by atoms with Gasteiger partial charge in [-0.05, 0) is 0 Å². The topological polar surface area (TPSA) is 43.7 Å². The van der Waals surface area contributed by atoms with Gasteiger partial charge in [0.25, 0.3) is 0 Å². The molecule has 0 saturated heterocycles. The lowest BCUT2D eigenvalue weighted by molar-refractivity contribution is -0.471. The first-order chi connectivity index (χ1) is 2.94. The second-order valence-electron chi connectivity index (χ2n) is 0.757.